The summed E-state index contributed by atoms with van der Waals surface area (Å²) in [6, 6.07) is 3.86. The number of ether oxygens (including phenoxy) is 1. The smallest absolute Gasteiger partial charge is 0.311 e. The van der Waals surface area contributed by atoms with E-state index in [1.54, 1.807) is 30.1 Å². The molecule has 0 bridgehead atoms. The first-order valence-electron chi connectivity index (χ1n) is 10.0. The fourth-order valence-electron chi connectivity index (χ4n) is 3.33. The number of pyridine rings is 1. The molecular formula is C22H27N5O4. The number of aromatic nitrogens is 3. The third-order valence-corrected chi connectivity index (χ3v) is 5.00. The lowest BCUT2D eigenvalue weighted by Gasteiger charge is -2.36. The van der Waals surface area contributed by atoms with Crippen molar-refractivity contribution < 1.29 is 19.5 Å². The minimum Gasteiger partial charge on any atom is -0.469 e. The molecule has 1 fully saturated rings. The van der Waals surface area contributed by atoms with Crippen LogP contribution in [0.1, 0.15) is 37.0 Å². The molecule has 9 heteroatoms. The van der Waals surface area contributed by atoms with Gasteiger partial charge in [-0.3, -0.25) is 19.2 Å². The van der Waals surface area contributed by atoms with Gasteiger partial charge in [0.15, 0.2) is 5.84 Å². The summed E-state index contributed by atoms with van der Waals surface area (Å²) in [6.07, 6.45) is 4.30. The number of carbonyl (C=O) groups excluding carboxylic acids is 1. The monoisotopic (exact) mass is 425 g/mol. The van der Waals surface area contributed by atoms with Crippen molar-refractivity contribution in [1.82, 2.24) is 19.4 Å². The van der Waals surface area contributed by atoms with E-state index >= 15 is 0 Å². The van der Waals surface area contributed by atoms with Gasteiger partial charge in [-0.05, 0) is 26.0 Å². The summed E-state index contributed by atoms with van der Waals surface area (Å²) in [5.74, 6) is 6.80. The van der Waals surface area contributed by atoms with Crippen molar-refractivity contribution in [1.29, 1.82) is 0 Å². The summed E-state index contributed by atoms with van der Waals surface area (Å²) in [4.78, 5) is 27.2. The number of aliphatic hydroxyl groups excluding tert-OH is 1. The second-order valence-electron chi connectivity index (χ2n) is 7.41. The summed E-state index contributed by atoms with van der Waals surface area (Å²) in [7, 11) is 2.88. The molecule has 1 N–H and O–H groups in total. The normalized spacial score (nSPS) is 16.6. The molecule has 0 aromatic carbocycles. The van der Waals surface area contributed by atoms with Gasteiger partial charge in [-0.25, -0.2) is 4.98 Å². The number of esters is 1. The Morgan fingerprint density at radius 1 is 1.32 bits per heavy atom. The highest BCUT2D eigenvalue weighted by molar-refractivity contribution is 5.89. The lowest BCUT2D eigenvalue weighted by molar-refractivity contribution is -0.151. The number of aliphatic hydroxyl groups is 1. The van der Waals surface area contributed by atoms with Gasteiger partial charge in [0.2, 0.25) is 0 Å². The Morgan fingerprint density at radius 3 is 2.71 bits per heavy atom. The van der Waals surface area contributed by atoms with Gasteiger partial charge < -0.3 is 14.7 Å². The Bertz CT molecular complexity index is 981. The molecule has 2 atom stereocenters. The Balaban J connectivity index is 1.63. The van der Waals surface area contributed by atoms with Crippen LogP contribution in [0.3, 0.4) is 0 Å². The van der Waals surface area contributed by atoms with E-state index in [2.05, 4.69) is 31.9 Å². The molecule has 9 nitrogen and oxygen atoms in total. The molecule has 0 unspecified atom stereocenters. The lowest BCUT2D eigenvalue weighted by atomic mass is 10.0. The zero-order valence-electron chi connectivity index (χ0n) is 18.1. The number of hydrogen-bond acceptors (Lipinski definition) is 8. The van der Waals surface area contributed by atoms with Gasteiger partial charge in [-0.2, -0.15) is 0 Å². The molecular weight excluding hydrogens is 398 g/mol. The summed E-state index contributed by atoms with van der Waals surface area (Å²) in [5, 5.41) is 14.0. The van der Waals surface area contributed by atoms with Crippen LogP contribution in [-0.2, 0) is 20.9 Å². The van der Waals surface area contributed by atoms with E-state index in [1.807, 2.05) is 19.1 Å². The van der Waals surface area contributed by atoms with Gasteiger partial charge in [0.25, 0.3) is 0 Å². The van der Waals surface area contributed by atoms with Crippen LogP contribution >= 0.6 is 0 Å². The lowest BCUT2D eigenvalue weighted by Crippen LogP contribution is -2.50. The highest BCUT2D eigenvalue weighted by atomic mass is 16.6. The highest BCUT2D eigenvalue weighted by Crippen LogP contribution is 2.19. The molecule has 0 spiro atoms. The van der Waals surface area contributed by atoms with Gasteiger partial charge in [0.05, 0.1) is 24.6 Å². The number of likely N-dealkylation sites (tertiary alicyclic amines) is 1. The predicted octanol–water partition coefficient (Wildman–Crippen LogP) is 1.43. The van der Waals surface area contributed by atoms with Gasteiger partial charge in [0.1, 0.15) is 19.0 Å². The van der Waals surface area contributed by atoms with Crippen molar-refractivity contribution in [3.63, 3.8) is 0 Å². The average molecular weight is 425 g/mol. The van der Waals surface area contributed by atoms with Crippen LogP contribution in [-0.4, -0.2) is 63.7 Å². The number of oxime groups is 1. The standard InChI is InChI=1S/C22H27N5O4/c1-15(20(25-31-4)27-10-9-23-21(27)16(2)28)5-6-17-7-8-19(24-11-17)14-26-12-18(13-26)22(29)30-3/h7-11,15-16,18,28H,12-14H2,1-4H3/b25-20+/t15-,16-/m0/s1. The quantitative estimate of drug-likeness (QED) is 0.246. The number of carbonyl (C=O) groups is 1. The topological polar surface area (TPSA) is 102 Å². The minimum absolute atomic E-state index is 0.0376. The molecule has 1 aliphatic rings. The van der Waals surface area contributed by atoms with Crippen molar-refractivity contribution in [3.05, 3.63) is 47.8 Å². The van der Waals surface area contributed by atoms with Crippen LogP contribution in [0.2, 0.25) is 0 Å². The van der Waals surface area contributed by atoms with Crippen LogP contribution in [0, 0.1) is 23.7 Å². The number of rotatable bonds is 6. The first-order valence-corrected chi connectivity index (χ1v) is 10.0. The molecule has 2 aromatic rings. The fraction of sp³-hybridized carbons (Fsp3) is 0.455. The van der Waals surface area contributed by atoms with Gasteiger partial charge in [-0.1, -0.05) is 17.0 Å². The molecule has 31 heavy (non-hydrogen) atoms. The number of nitrogens with zero attached hydrogens (tertiary/aromatic N) is 5. The van der Waals surface area contributed by atoms with Crippen molar-refractivity contribution in [2.75, 3.05) is 27.3 Å². The third kappa shape index (κ3) is 5.48. The Hall–Kier alpha value is -3.22. The second kappa shape index (κ2) is 10.2. The van der Waals surface area contributed by atoms with Crippen molar-refractivity contribution in [3.8, 4) is 11.8 Å². The van der Waals surface area contributed by atoms with Crippen molar-refractivity contribution in [2.45, 2.75) is 26.5 Å². The number of methoxy groups -OCH3 is 1. The Kier molecular flexibility index (Phi) is 7.39. The van der Waals surface area contributed by atoms with Crippen molar-refractivity contribution in [2.24, 2.45) is 17.0 Å². The molecule has 0 saturated carbocycles. The maximum absolute atomic E-state index is 11.5. The van der Waals surface area contributed by atoms with Crippen LogP contribution in [0.15, 0.2) is 35.9 Å². The van der Waals surface area contributed by atoms with E-state index in [-0.39, 0.29) is 17.8 Å². The van der Waals surface area contributed by atoms with Gasteiger partial charge >= 0.3 is 5.97 Å². The van der Waals surface area contributed by atoms with Gasteiger partial charge in [-0.15, -0.1) is 0 Å². The van der Waals surface area contributed by atoms with Crippen molar-refractivity contribution >= 4 is 11.8 Å². The van der Waals surface area contributed by atoms with E-state index < -0.39 is 6.10 Å². The Morgan fingerprint density at radius 2 is 2.10 bits per heavy atom. The summed E-state index contributed by atoms with van der Waals surface area (Å²) < 4.78 is 6.44. The Labute approximate surface area is 181 Å². The molecule has 3 heterocycles. The molecule has 0 aliphatic carbocycles. The third-order valence-electron chi connectivity index (χ3n) is 5.00. The average Bonchev–Trinajstić information content (AvgIpc) is 3.22. The minimum atomic E-state index is -0.747. The molecule has 2 aromatic heterocycles. The number of imidazole rings is 1. The molecule has 1 saturated heterocycles. The van der Waals surface area contributed by atoms with E-state index in [0.717, 1.165) is 11.3 Å². The first kappa shape index (κ1) is 22.5. The molecule has 164 valence electrons. The van der Waals surface area contributed by atoms with E-state index in [9.17, 15) is 9.90 Å². The molecule has 0 amide bonds. The molecule has 0 radical (unpaired) electrons. The largest absolute Gasteiger partial charge is 0.469 e. The maximum atomic E-state index is 11.5. The van der Waals surface area contributed by atoms with E-state index in [1.165, 1.54) is 14.2 Å². The van der Waals surface area contributed by atoms with Crippen LogP contribution in [0.4, 0.5) is 0 Å². The van der Waals surface area contributed by atoms with E-state index in [0.29, 0.717) is 31.3 Å². The summed E-state index contributed by atoms with van der Waals surface area (Å²) in [5.41, 5.74) is 1.70. The van der Waals surface area contributed by atoms with Gasteiger partial charge in [0, 0.05) is 43.8 Å². The SMILES string of the molecule is CO/N=C(\[C@@H](C)C#Cc1ccc(CN2CC(C(=O)OC)C2)nc1)n1ccnc1[C@H](C)O. The maximum Gasteiger partial charge on any atom is 0.311 e. The molecule has 3 rings (SSSR count). The zero-order chi connectivity index (χ0) is 22.4. The second-order valence-corrected chi connectivity index (χ2v) is 7.41. The first-order chi connectivity index (χ1) is 14.9. The van der Waals surface area contributed by atoms with Crippen LogP contribution < -0.4 is 0 Å². The molecule has 1 aliphatic heterocycles. The highest BCUT2D eigenvalue weighted by Gasteiger charge is 2.33. The number of hydrogen-bond donors (Lipinski definition) is 1. The van der Waals surface area contributed by atoms with E-state index in [4.69, 9.17) is 9.57 Å². The summed E-state index contributed by atoms with van der Waals surface area (Å²) in [6.45, 7) is 5.61. The fourth-order valence-corrected chi connectivity index (χ4v) is 3.33. The van der Waals surface area contributed by atoms with Crippen LogP contribution in [0.25, 0.3) is 0 Å². The van der Waals surface area contributed by atoms with Crippen LogP contribution in [0.5, 0.6) is 0 Å². The predicted molar refractivity (Wildman–Crippen MR) is 114 cm³/mol. The summed E-state index contributed by atoms with van der Waals surface area (Å²) >= 11 is 0. The zero-order valence-corrected chi connectivity index (χ0v) is 18.1.